The molecule has 0 aromatic heterocycles. The van der Waals surface area contributed by atoms with E-state index in [1.807, 2.05) is 31.2 Å². The highest BCUT2D eigenvalue weighted by Crippen LogP contribution is 2.06. The first kappa shape index (κ1) is 13.4. The molecular weight excluding hydrogens is 220 g/mol. The molecule has 1 aromatic rings. The zero-order chi connectivity index (χ0) is 12.0. The van der Waals surface area contributed by atoms with E-state index in [4.69, 9.17) is 8.85 Å². The molecule has 0 bridgehead atoms. The average molecular weight is 240 g/mol. The molecule has 0 fully saturated rings. The zero-order valence-corrected chi connectivity index (χ0v) is 11.2. The van der Waals surface area contributed by atoms with Gasteiger partial charge in [0.05, 0.1) is 0 Å². The average Bonchev–Trinajstić information content (AvgIpc) is 2.30. The smallest absolute Gasteiger partial charge is 0.386 e. The molecular formula is C12H20O3Si. The first-order chi connectivity index (χ1) is 7.62. The molecule has 0 aliphatic rings. The van der Waals surface area contributed by atoms with Crippen molar-refractivity contribution in [3.8, 4) is 0 Å². The molecule has 4 heteroatoms. The van der Waals surface area contributed by atoms with Gasteiger partial charge in [0.1, 0.15) is 0 Å². The highest BCUT2D eigenvalue weighted by molar-refractivity contribution is 6.74. The van der Waals surface area contributed by atoms with Crippen LogP contribution in [0, 0.1) is 6.92 Å². The third-order valence-electron chi connectivity index (χ3n) is 2.49. The molecule has 0 amide bonds. The molecule has 1 aromatic carbocycles. The molecule has 3 nitrogen and oxygen atoms in total. The molecule has 1 unspecified atom stereocenters. The Hall–Kier alpha value is -0.683. The maximum absolute atomic E-state index is 10.3. The largest absolute Gasteiger partial charge is 0.534 e. The second-order valence-corrected chi connectivity index (χ2v) is 6.29. The lowest BCUT2D eigenvalue weighted by molar-refractivity contribution is 0.135. The summed E-state index contributed by atoms with van der Waals surface area (Å²) < 4.78 is 10.7. The topological polar surface area (TPSA) is 38.7 Å². The first-order valence-corrected chi connectivity index (χ1v) is 7.37. The van der Waals surface area contributed by atoms with Gasteiger partial charge in [0.2, 0.25) is 0 Å². The van der Waals surface area contributed by atoms with E-state index in [-0.39, 0.29) is 0 Å². The fourth-order valence-electron chi connectivity index (χ4n) is 1.38. The number of benzene rings is 1. The first-order valence-electron chi connectivity index (χ1n) is 5.61. The lowest BCUT2D eigenvalue weighted by atomic mass is 10.2. The lowest BCUT2D eigenvalue weighted by Gasteiger charge is -2.22. The molecule has 0 saturated carbocycles. The summed E-state index contributed by atoms with van der Waals surface area (Å²) >= 11 is 0. The van der Waals surface area contributed by atoms with Gasteiger partial charge in [-0.05, 0) is 13.3 Å². The van der Waals surface area contributed by atoms with Crippen LogP contribution in [0.2, 0.25) is 0 Å². The number of aryl methyl sites for hydroxylation is 1. The fraction of sp³-hybridized carbons (Fsp3) is 0.500. The third kappa shape index (κ3) is 3.42. The van der Waals surface area contributed by atoms with Crippen molar-refractivity contribution in [3.05, 3.63) is 29.8 Å². The van der Waals surface area contributed by atoms with Gasteiger partial charge in [0.25, 0.3) is 0 Å². The molecule has 0 aliphatic carbocycles. The Bertz CT molecular complexity index is 313. The molecule has 1 rings (SSSR count). The van der Waals surface area contributed by atoms with E-state index < -0.39 is 8.80 Å². The Morgan fingerprint density at radius 1 is 1.25 bits per heavy atom. The highest BCUT2D eigenvalue weighted by Gasteiger charge is 2.38. The van der Waals surface area contributed by atoms with Crippen molar-refractivity contribution in [3.63, 3.8) is 0 Å². The number of unbranched alkanes of at least 4 members (excludes halogenated alkanes) is 1. The van der Waals surface area contributed by atoms with Crippen molar-refractivity contribution < 1.29 is 13.6 Å². The molecule has 0 spiro atoms. The van der Waals surface area contributed by atoms with Crippen LogP contribution in [-0.2, 0) is 8.85 Å². The Morgan fingerprint density at radius 2 is 1.88 bits per heavy atom. The lowest BCUT2D eigenvalue weighted by Crippen LogP contribution is -2.53. The standard InChI is InChI=1S/C12H20O3Si/c1-4-5-10-15-16(13,14-3)12-8-6-11(2)7-9-12/h6-9,13H,4-5,10H2,1-3H3. The summed E-state index contributed by atoms with van der Waals surface area (Å²) in [6, 6.07) is 7.65. The number of rotatable bonds is 6. The van der Waals surface area contributed by atoms with Crippen LogP contribution in [0.3, 0.4) is 0 Å². The van der Waals surface area contributed by atoms with Crippen molar-refractivity contribution >= 4 is 14.0 Å². The van der Waals surface area contributed by atoms with Gasteiger partial charge < -0.3 is 13.6 Å². The normalized spacial score (nSPS) is 14.8. The molecule has 1 N–H and O–H groups in total. The fourth-order valence-corrected chi connectivity index (χ4v) is 2.91. The van der Waals surface area contributed by atoms with Crippen LogP contribution >= 0.6 is 0 Å². The van der Waals surface area contributed by atoms with Crippen molar-refractivity contribution in [2.24, 2.45) is 0 Å². The SMILES string of the molecule is CCCCO[Si](O)(OC)c1ccc(C)cc1. The number of hydrogen-bond donors (Lipinski definition) is 1. The second-order valence-electron chi connectivity index (χ2n) is 3.85. The van der Waals surface area contributed by atoms with Crippen LogP contribution in [0.4, 0.5) is 0 Å². The van der Waals surface area contributed by atoms with Crippen molar-refractivity contribution in [2.45, 2.75) is 26.7 Å². The van der Waals surface area contributed by atoms with Crippen LogP contribution in [-0.4, -0.2) is 27.3 Å². The predicted molar refractivity (Wildman–Crippen MR) is 66.7 cm³/mol. The molecule has 0 heterocycles. The summed E-state index contributed by atoms with van der Waals surface area (Å²) in [5, 5.41) is 0.761. The maximum Gasteiger partial charge on any atom is 0.534 e. The molecule has 90 valence electrons. The van der Waals surface area contributed by atoms with Gasteiger partial charge in [-0.2, -0.15) is 0 Å². The minimum Gasteiger partial charge on any atom is -0.386 e. The van der Waals surface area contributed by atoms with E-state index >= 15 is 0 Å². The molecule has 0 aliphatic heterocycles. The minimum atomic E-state index is -3.16. The van der Waals surface area contributed by atoms with Crippen LogP contribution in [0.1, 0.15) is 25.3 Å². The van der Waals surface area contributed by atoms with Crippen LogP contribution < -0.4 is 5.19 Å². The third-order valence-corrected chi connectivity index (χ3v) is 4.70. The van der Waals surface area contributed by atoms with Crippen LogP contribution in [0.25, 0.3) is 0 Å². The molecule has 16 heavy (non-hydrogen) atoms. The monoisotopic (exact) mass is 240 g/mol. The van der Waals surface area contributed by atoms with E-state index in [2.05, 4.69) is 6.92 Å². The predicted octanol–water partition coefficient (Wildman–Crippen LogP) is 1.60. The highest BCUT2D eigenvalue weighted by atomic mass is 28.4. The second kappa shape index (κ2) is 6.15. The van der Waals surface area contributed by atoms with Gasteiger partial charge >= 0.3 is 8.80 Å². The summed E-state index contributed by atoms with van der Waals surface area (Å²) in [6.07, 6.45) is 1.98. The van der Waals surface area contributed by atoms with Crippen LogP contribution in [0.15, 0.2) is 24.3 Å². The zero-order valence-electron chi connectivity index (χ0n) is 10.2. The van der Waals surface area contributed by atoms with Gasteiger partial charge in [-0.15, -0.1) is 0 Å². The summed E-state index contributed by atoms with van der Waals surface area (Å²) in [7, 11) is -1.66. The summed E-state index contributed by atoms with van der Waals surface area (Å²) in [4.78, 5) is 10.3. The molecule has 1 atom stereocenters. The Balaban J connectivity index is 2.74. The van der Waals surface area contributed by atoms with E-state index in [0.29, 0.717) is 6.61 Å². The number of hydrogen-bond acceptors (Lipinski definition) is 3. The van der Waals surface area contributed by atoms with Crippen molar-refractivity contribution in [2.75, 3.05) is 13.7 Å². The van der Waals surface area contributed by atoms with E-state index in [0.717, 1.165) is 23.6 Å². The van der Waals surface area contributed by atoms with Gasteiger partial charge in [-0.25, -0.2) is 0 Å². The van der Waals surface area contributed by atoms with Gasteiger partial charge in [0.15, 0.2) is 0 Å². The van der Waals surface area contributed by atoms with Gasteiger partial charge in [0, 0.05) is 18.9 Å². The van der Waals surface area contributed by atoms with Crippen LogP contribution in [0.5, 0.6) is 0 Å². The Kier molecular flexibility index (Phi) is 5.14. The van der Waals surface area contributed by atoms with E-state index in [1.54, 1.807) is 0 Å². The van der Waals surface area contributed by atoms with E-state index in [1.165, 1.54) is 7.11 Å². The molecule has 0 radical (unpaired) electrons. The minimum absolute atomic E-state index is 0.543. The van der Waals surface area contributed by atoms with E-state index in [9.17, 15) is 4.80 Å². The van der Waals surface area contributed by atoms with Gasteiger partial charge in [-0.3, -0.25) is 0 Å². The maximum atomic E-state index is 10.3. The van der Waals surface area contributed by atoms with Gasteiger partial charge in [-0.1, -0.05) is 43.2 Å². The van der Waals surface area contributed by atoms with Crippen molar-refractivity contribution in [1.29, 1.82) is 0 Å². The summed E-state index contributed by atoms with van der Waals surface area (Å²) in [6.45, 7) is 4.64. The quantitative estimate of drug-likeness (QED) is 0.606. The van der Waals surface area contributed by atoms with Crippen molar-refractivity contribution in [1.82, 2.24) is 0 Å². The summed E-state index contributed by atoms with van der Waals surface area (Å²) in [5.74, 6) is 0. The Labute approximate surface area is 98.4 Å². The molecule has 0 saturated heterocycles. The Morgan fingerprint density at radius 3 is 2.38 bits per heavy atom. The summed E-state index contributed by atoms with van der Waals surface area (Å²) in [5.41, 5.74) is 1.16.